The molecular weight excluding hydrogens is 281 g/mol. The summed E-state index contributed by atoms with van der Waals surface area (Å²) in [6.45, 7) is 5.27. The number of nitrogens with zero attached hydrogens (tertiary/aromatic N) is 1. The Morgan fingerprint density at radius 1 is 1.30 bits per heavy atom. The largest absolute Gasteiger partial charge is 0.389 e. The average molecular weight is 301 g/mol. The first-order valence-electron chi connectivity index (χ1n) is 6.63. The van der Waals surface area contributed by atoms with Crippen molar-refractivity contribution < 1.29 is 17.9 Å². The lowest BCUT2D eigenvalue weighted by molar-refractivity contribution is 0.00937. The first kappa shape index (κ1) is 15.4. The number of aryl methyl sites for hydroxylation is 2. The highest BCUT2D eigenvalue weighted by molar-refractivity contribution is 7.89. The van der Waals surface area contributed by atoms with Crippen LogP contribution in [-0.2, 0) is 10.0 Å². The maximum Gasteiger partial charge on any atom is 0.243 e. The van der Waals surface area contributed by atoms with Crippen LogP contribution >= 0.6 is 0 Å². The molecule has 20 heavy (non-hydrogen) atoms. The number of piperidine rings is 1. The summed E-state index contributed by atoms with van der Waals surface area (Å²) < 4.78 is 40.0. The molecule has 0 bridgehead atoms. The molecule has 6 heteroatoms. The number of aliphatic hydroxyl groups is 1. The van der Waals surface area contributed by atoms with Gasteiger partial charge in [0, 0.05) is 13.1 Å². The molecule has 0 spiro atoms. The van der Waals surface area contributed by atoms with Gasteiger partial charge in [-0.05, 0) is 56.9 Å². The van der Waals surface area contributed by atoms with Crippen LogP contribution in [0.5, 0.6) is 0 Å². The molecule has 0 saturated carbocycles. The van der Waals surface area contributed by atoms with E-state index in [4.69, 9.17) is 0 Å². The number of halogens is 1. The van der Waals surface area contributed by atoms with Gasteiger partial charge in [0.15, 0.2) is 0 Å². The van der Waals surface area contributed by atoms with Crippen molar-refractivity contribution in [2.45, 2.75) is 44.1 Å². The van der Waals surface area contributed by atoms with Gasteiger partial charge in [-0.2, -0.15) is 4.31 Å². The van der Waals surface area contributed by atoms with Crippen molar-refractivity contribution in [2.24, 2.45) is 0 Å². The number of rotatable bonds is 2. The van der Waals surface area contributed by atoms with Crippen LogP contribution in [0.25, 0.3) is 0 Å². The first-order valence-corrected chi connectivity index (χ1v) is 8.07. The maximum absolute atomic E-state index is 13.3. The molecule has 1 aromatic rings. The van der Waals surface area contributed by atoms with Crippen molar-refractivity contribution in [3.63, 3.8) is 0 Å². The Morgan fingerprint density at radius 2 is 1.85 bits per heavy atom. The fraction of sp³-hybridized carbons (Fsp3) is 0.571. The molecule has 1 N–H and O–H groups in total. The number of hydrogen-bond acceptors (Lipinski definition) is 3. The van der Waals surface area contributed by atoms with Crippen LogP contribution in [0, 0.1) is 19.7 Å². The van der Waals surface area contributed by atoms with E-state index in [1.54, 1.807) is 20.8 Å². The van der Waals surface area contributed by atoms with Crippen molar-refractivity contribution in [3.8, 4) is 0 Å². The molecular formula is C14H20FNO3S. The molecule has 1 aliphatic rings. The van der Waals surface area contributed by atoms with Gasteiger partial charge < -0.3 is 5.11 Å². The van der Waals surface area contributed by atoms with Gasteiger partial charge in [-0.1, -0.05) is 0 Å². The normalized spacial score (nSPS) is 24.9. The number of β-amino-alcohol motifs (C(OH)–C–C–N with tert-alkyl or cyclic N) is 1. The second-order valence-corrected chi connectivity index (χ2v) is 7.68. The topological polar surface area (TPSA) is 57.6 Å². The third-order valence-corrected chi connectivity index (χ3v) is 5.81. The minimum atomic E-state index is -3.70. The van der Waals surface area contributed by atoms with Gasteiger partial charge in [-0.25, -0.2) is 12.8 Å². The second kappa shape index (κ2) is 5.09. The van der Waals surface area contributed by atoms with Crippen molar-refractivity contribution in [2.75, 3.05) is 13.1 Å². The van der Waals surface area contributed by atoms with E-state index in [1.165, 1.54) is 16.4 Å². The Kier molecular flexibility index (Phi) is 3.92. The molecule has 1 aliphatic heterocycles. The highest BCUT2D eigenvalue weighted by Gasteiger charge is 2.36. The van der Waals surface area contributed by atoms with Gasteiger partial charge in [0.2, 0.25) is 10.0 Å². The predicted octanol–water partition coefficient (Wildman–Crippen LogP) is 1.98. The Labute approximate surface area is 119 Å². The van der Waals surface area contributed by atoms with Gasteiger partial charge in [0.25, 0.3) is 0 Å². The molecule has 0 amide bonds. The van der Waals surface area contributed by atoms with Crippen LogP contribution in [0.2, 0.25) is 0 Å². The third-order valence-electron chi connectivity index (χ3n) is 3.66. The van der Waals surface area contributed by atoms with Crippen LogP contribution in [0.15, 0.2) is 17.0 Å². The molecule has 112 valence electrons. The van der Waals surface area contributed by atoms with Gasteiger partial charge in [-0.15, -0.1) is 0 Å². The Hall–Kier alpha value is -0.980. The van der Waals surface area contributed by atoms with Crippen molar-refractivity contribution in [1.82, 2.24) is 4.31 Å². The number of benzene rings is 1. The molecule has 1 saturated heterocycles. The summed E-state index contributed by atoms with van der Waals surface area (Å²) in [7, 11) is -3.70. The van der Waals surface area contributed by atoms with E-state index < -0.39 is 21.4 Å². The summed E-state index contributed by atoms with van der Waals surface area (Å²) in [6.07, 6.45) is 1.20. The standard InChI is InChI=1S/C14H20FNO3S/c1-10-7-12(15)8-11(2)13(10)20(18,19)16-6-4-5-14(3,17)9-16/h7-8,17H,4-6,9H2,1-3H3. The zero-order chi connectivity index (χ0) is 15.1. The molecule has 1 unspecified atom stereocenters. The molecule has 1 fully saturated rings. The second-order valence-electron chi connectivity index (χ2n) is 5.81. The number of sulfonamides is 1. The molecule has 1 aromatic carbocycles. The number of hydrogen-bond donors (Lipinski definition) is 1. The summed E-state index contributed by atoms with van der Waals surface area (Å²) in [5.74, 6) is -0.440. The maximum atomic E-state index is 13.3. The van der Waals surface area contributed by atoms with E-state index in [2.05, 4.69) is 0 Å². The molecule has 1 atom stereocenters. The summed E-state index contributed by atoms with van der Waals surface area (Å²) in [5.41, 5.74) is -0.215. The van der Waals surface area contributed by atoms with E-state index in [-0.39, 0.29) is 11.4 Å². The summed E-state index contributed by atoms with van der Waals surface area (Å²) >= 11 is 0. The predicted molar refractivity (Wildman–Crippen MR) is 74.5 cm³/mol. The SMILES string of the molecule is Cc1cc(F)cc(C)c1S(=O)(=O)N1CCCC(C)(O)C1. The molecule has 2 rings (SSSR count). The lowest BCUT2D eigenvalue weighted by atomic mass is 9.97. The lowest BCUT2D eigenvalue weighted by Crippen LogP contribution is -2.48. The van der Waals surface area contributed by atoms with Crippen LogP contribution in [0.3, 0.4) is 0 Å². The minimum Gasteiger partial charge on any atom is -0.389 e. The molecule has 0 aliphatic carbocycles. The summed E-state index contributed by atoms with van der Waals surface area (Å²) in [5, 5.41) is 10.1. The van der Waals surface area contributed by atoms with Crippen LogP contribution in [0.1, 0.15) is 30.9 Å². The van der Waals surface area contributed by atoms with Gasteiger partial charge in [0.05, 0.1) is 10.5 Å². The van der Waals surface area contributed by atoms with E-state index in [9.17, 15) is 17.9 Å². The van der Waals surface area contributed by atoms with Crippen LogP contribution in [0.4, 0.5) is 4.39 Å². The molecule has 0 radical (unpaired) electrons. The summed E-state index contributed by atoms with van der Waals surface area (Å²) in [4.78, 5) is 0.150. The van der Waals surface area contributed by atoms with Gasteiger partial charge in [0.1, 0.15) is 5.82 Å². The molecule has 1 heterocycles. The zero-order valence-corrected chi connectivity index (χ0v) is 12.8. The smallest absolute Gasteiger partial charge is 0.243 e. The summed E-state index contributed by atoms with van der Waals surface area (Å²) in [6, 6.07) is 2.45. The highest BCUT2D eigenvalue weighted by atomic mass is 32.2. The van der Waals surface area contributed by atoms with Crippen molar-refractivity contribution >= 4 is 10.0 Å². The van der Waals surface area contributed by atoms with E-state index in [0.29, 0.717) is 30.5 Å². The van der Waals surface area contributed by atoms with E-state index in [1.807, 2.05) is 0 Å². The average Bonchev–Trinajstić information content (AvgIpc) is 2.25. The third kappa shape index (κ3) is 2.87. The quantitative estimate of drug-likeness (QED) is 0.908. The van der Waals surface area contributed by atoms with Gasteiger partial charge in [-0.3, -0.25) is 0 Å². The Balaban J connectivity index is 2.46. The first-order chi connectivity index (χ1) is 9.13. The van der Waals surface area contributed by atoms with E-state index in [0.717, 1.165) is 0 Å². The highest BCUT2D eigenvalue weighted by Crippen LogP contribution is 2.29. The zero-order valence-electron chi connectivity index (χ0n) is 12.0. The lowest BCUT2D eigenvalue weighted by Gasteiger charge is -2.36. The fourth-order valence-electron chi connectivity index (χ4n) is 2.81. The Bertz CT molecular complexity index is 602. The van der Waals surface area contributed by atoms with Crippen LogP contribution < -0.4 is 0 Å². The van der Waals surface area contributed by atoms with Crippen LogP contribution in [-0.4, -0.2) is 36.5 Å². The molecule has 0 aromatic heterocycles. The minimum absolute atomic E-state index is 0.0750. The van der Waals surface area contributed by atoms with Gasteiger partial charge >= 0.3 is 0 Å². The molecule has 4 nitrogen and oxygen atoms in total. The van der Waals surface area contributed by atoms with Crippen molar-refractivity contribution in [1.29, 1.82) is 0 Å². The van der Waals surface area contributed by atoms with Crippen molar-refractivity contribution in [3.05, 3.63) is 29.1 Å². The monoisotopic (exact) mass is 301 g/mol. The Morgan fingerprint density at radius 3 is 2.35 bits per heavy atom. The fourth-order valence-corrected chi connectivity index (χ4v) is 4.82. The van der Waals surface area contributed by atoms with E-state index >= 15 is 0 Å².